The number of nitrogen functional groups attached to an aromatic ring is 2. The molecule has 0 aliphatic heterocycles. The predicted molar refractivity (Wildman–Crippen MR) is 88.6 cm³/mol. The molecule has 23 heavy (non-hydrogen) atoms. The second kappa shape index (κ2) is 5.47. The lowest BCUT2D eigenvalue weighted by molar-refractivity contribution is 0.598. The molecular weight excluding hydrogens is 316 g/mol. The summed E-state index contributed by atoms with van der Waals surface area (Å²) < 4.78 is 22.6. The molecule has 2 aromatic carbocycles. The van der Waals surface area contributed by atoms with Gasteiger partial charge in [0.25, 0.3) is 0 Å². The molecule has 0 bridgehead atoms. The minimum atomic E-state index is -3.71. The number of fused-ring (bicyclic) bond motifs is 1. The highest BCUT2D eigenvalue weighted by Crippen LogP contribution is 2.28. The van der Waals surface area contributed by atoms with Crippen LogP contribution in [0.5, 0.6) is 0 Å². The van der Waals surface area contributed by atoms with E-state index in [1.165, 1.54) is 12.1 Å². The summed E-state index contributed by atoms with van der Waals surface area (Å²) in [7, 11) is -3.71. The van der Waals surface area contributed by atoms with Gasteiger partial charge in [0.15, 0.2) is 5.82 Å². The van der Waals surface area contributed by atoms with Crippen molar-refractivity contribution >= 4 is 32.7 Å². The third-order valence-electron chi connectivity index (χ3n) is 3.37. The number of benzene rings is 2. The van der Waals surface area contributed by atoms with E-state index in [4.69, 9.17) is 16.7 Å². The molecule has 0 saturated carbocycles. The summed E-state index contributed by atoms with van der Waals surface area (Å²) in [5.74, 6) is 6.00. The van der Waals surface area contributed by atoms with Gasteiger partial charge in [-0.25, -0.2) is 24.4 Å². The first-order chi connectivity index (χ1) is 10.9. The number of hydrogen-bond acceptors (Lipinski definition) is 7. The fourth-order valence-electron chi connectivity index (χ4n) is 2.27. The van der Waals surface area contributed by atoms with Gasteiger partial charge < -0.3 is 11.2 Å². The van der Waals surface area contributed by atoms with E-state index in [2.05, 4.69) is 15.4 Å². The number of nitrogens with two attached hydrogens (primary N) is 3. The Morgan fingerprint density at radius 2 is 1.61 bits per heavy atom. The fourth-order valence-corrected chi connectivity index (χ4v) is 2.79. The molecule has 1 aromatic heterocycles. The Balaban J connectivity index is 2.12. The maximum Gasteiger partial charge on any atom is 0.238 e. The molecule has 0 atom stereocenters. The van der Waals surface area contributed by atoms with Gasteiger partial charge in [-0.1, -0.05) is 18.2 Å². The highest BCUT2D eigenvalue weighted by atomic mass is 32.2. The van der Waals surface area contributed by atoms with Gasteiger partial charge >= 0.3 is 0 Å². The van der Waals surface area contributed by atoms with E-state index in [9.17, 15) is 8.42 Å². The zero-order valence-electron chi connectivity index (χ0n) is 11.9. The van der Waals surface area contributed by atoms with Gasteiger partial charge in [-0.3, -0.25) is 0 Å². The van der Waals surface area contributed by atoms with Crippen LogP contribution in [0.1, 0.15) is 0 Å². The van der Waals surface area contributed by atoms with Crippen LogP contribution in [0.3, 0.4) is 0 Å². The topological polar surface area (TPSA) is 150 Å². The van der Waals surface area contributed by atoms with Gasteiger partial charge in [0.05, 0.1) is 10.4 Å². The van der Waals surface area contributed by atoms with Gasteiger partial charge in [0.2, 0.25) is 16.0 Å². The van der Waals surface area contributed by atoms with E-state index in [1.807, 2.05) is 12.1 Å². The first kappa shape index (κ1) is 15.2. The maximum atomic E-state index is 11.3. The highest BCUT2D eigenvalue weighted by Gasteiger charge is 2.10. The lowest BCUT2D eigenvalue weighted by Gasteiger charge is -2.08. The maximum absolute atomic E-state index is 11.3. The van der Waals surface area contributed by atoms with Gasteiger partial charge in [0.1, 0.15) is 0 Å². The molecule has 0 aliphatic rings. The second-order valence-electron chi connectivity index (χ2n) is 4.88. The molecule has 0 unspecified atom stereocenters. The van der Waals surface area contributed by atoms with E-state index in [-0.39, 0.29) is 10.8 Å². The van der Waals surface area contributed by atoms with Gasteiger partial charge in [-0.05, 0) is 35.4 Å². The van der Waals surface area contributed by atoms with Gasteiger partial charge in [-0.2, -0.15) is 4.98 Å². The summed E-state index contributed by atoms with van der Waals surface area (Å²) in [6.07, 6.45) is 0. The Kier molecular flexibility index (Phi) is 3.60. The SMILES string of the molecule is NNc1nc(N)nc2ccc(-c3ccc(S(N)(=O)=O)cc3)cc12. The van der Waals surface area contributed by atoms with Crippen molar-refractivity contribution in [3.63, 3.8) is 0 Å². The normalized spacial score (nSPS) is 11.6. The van der Waals surface area contributed by atoms with Crippen molar-refractivity contribution in [1.82, 2.24) is 9.97 Å². The number of hydrazine groups is 1. The van der Waals surface area contributed by atoms with Crippen LogP contribution in [0.2, 0.25) is 0 Å². The van der Waals surface area contributed by atoms with Crippen LogP contribution >= 0.6 is 0 Å². The average molecular weight is 330 g/mol. The molecule has 7 N–H and O–H groups in total. The molecule has 0 amide bonds. The summed E-state index contributed by atoms with van der Waals surface area (Å²) in [6.45, 7) is 0. The largest absolute Gasteiger partial charge is 0.368 e. The number of nitrogens with zero attached hydrogens (tertiary/aromatic N) is 2. The molecule has 0 aliphatic carbocycles. The molecule has 3 rings (SSSR count). The molecule has 0 radical (unpaired) electrons. The van der Waals surface area contributed by atoms with Crippen molar-refractivity contribution in [2.75, 3.05) is 11.2 Å². The van der Waals surface area contributed by atoms with Crippen LogP contribution < -0.4 is 22.1 Å². The Hall–Kier alpha value is -2.75. The number of nitrogens with one attached hydrogen (secondary N) is 1. The lowest BCUT2D eigenvalue weighted by atomic mass is 10.0. The van der Waals surface area contributed by atoms with Crippen molar-refractivity contribution < 1.29 is 8.42 Å². The predicted octanol–water partition coefficient (Wildman–Crippen LogP) is 0.812. The van der Waals surface area contributed by atoms with E-state index in [0.717, 1.165) is 11.1 Å². The number of primary sulfonamides is 1. The van der Waals surface area contributed by atoms with E-state index < -0.39 is 10.0 Å². The van der Waals surface area contributed by atoms with Crippen LogP contribution in [-0.4, -0.2) is 18.4 Å². The summed E-state index contributed by atoms with van der Waals surface area (Å²) in [5, 5.41) is 5.80. The number of rotatable bonds is 3. The first-order valence-corrected chi connectivity index (χ1v) is 8.10. The van der Waals surface area contributed by atoms with Crippen molar-refractivity contribution in [2.45, 2.75) is 4.90 Å². The number of hydrogen-bond donors (Lipinski definition) is 4. The van der Waals surface area contributed by atoms with Crippen LogP contribution in [0.4, 0.5) is 11.8 Å². The molecule has 8 nitrogen and oxygen atoms in total. The summed E-state index contributed by atoms with van der Waals surface area (Å²) in [4.78, 5) is 8.23. The smallest absolute Gasteiger partial charge is 0.238 e. The Morgan fingerprint density at radius 1 is 0.957 bits per heavy atom. The molecular formula is C14H14N6O2S. The Bertz CT molecular complexity index is 986. The van der Waals surface area contributed by atoms with Crippen LogP contribution in [0.25, 0.3) is 22.0 Å². The van der Waals surface area contributed by atoms with Gasteiger partial charge in [-0.15, -0.1) is 0 Å². The van der Waals surface area contributed by atoms with Crippen molar-refractivity contribution in [1.29, 1.82) is 0 Å². The number of anilines is 2. The molecule has 9 heteroatoms. The lowest BCUT2D eigenvalue weighted by Crippen LogP contribution is -2.11. The van der Waals surface area contributed by atoms with E-state index in [0.29, 0.717) is 16.7 Å². The Morgan fingerprint density at radius 3 is 2.22 bits per heavy atom. The molecule has 0 spiro atoms. The van der Waals surface area contributed by atoms with Crippen LogP contribution in [0, 0.1) is 0 Å². The van der Waals surface area contributed by atoms with E-state index in [1.54, 1.807) is 18.2 Å². The quantitative estimate of drug-likeness (QED) is 0.410. The van der Waals surface area contributed by atoms with Crippen molar-refractivity contribution in [2.24, 2.45) is 11.0 Å². The summed E-state index contributed by atoms with van der Waals surface area (Å²) >= 11 is 0. The third-order valence-corrected chi connectivity index (χ3v) is 4.30. The van der Waals surface area contributed by atoms with Gasteiger partial charge in [0, 0.05) is 5.39 Å². The van der Waals surface area contributed by atoms with Crippen LogP contribution in [-0.2, 0) is 10.0 Å². The zero-order chi connectivity index (χ0) is 16.6. The molecule has 118 valence electrons. The molecule has 0 fully saturated rings. The summed E-state index contributed by atoms with van der Waals surface area (Å²) in [6, 6.07) is 11.7. The summed E-state index contributed by atoms with van der Waals surface area (Å²) in [5.41, 5.74) is 10.4. The van der Waals surface area contributed by atoms with Crippen molar-refractivity contribution in [3.05, 3.63) is 42.5 Å². The average Bonchev–Trinajstić information content (AvgIpc) is 2.53. The minimum Gasteiger partial charge on any atom is -0.368 e. The highest BCUT2D eigenvalue weighted by molar-refractivity contribution is 7.89. The molecule has 0 saturated heterocycles. The zero-order valence-corrected chi connectivity index (χ0v) is 12.7. The Labute approximate surface area is 132 Å². The monoisotopic (exact) mass is 330 g/mol. The first-order valence-electron chi connectivity index (χ1n) is 6.55. The van der Waals surface area contributed by atoms with E-state index >= 15 is 0 Å². The standard InChI is InChI=1S/C14H14N6O2S/c15-14-18-12-6-3-9(7-11(12)13(19-14)20-16)8-1-4-10(5-2-8)23(17,21)22/h1-7H,16H2,(H2,17,21,22)(H3,15,18,19,20). The number of aromatic nitrogens is 2. The molecule has 1 heterocycles. The third kappa shape index (κ3) is 2.93. The minimum absolute atomic E-state index is 0.0578. The van der Waals surface area contributed by atoms with Crippen molar-refractivity contribution in [3.8, 4) is 11.1 Å². The fraction of sp³-hybridized carbons (Fsp3) is 0. The second-order valence-corrected chi connectivity index (χ2v) is 6.44. The molecule has 3 aromatic rings. The van der Waals surface area contributed by atoms with Crippen LogP contribution in [0.15, 0.2) is 47.4 Å². The number of sulfonamides is 1.